The number of nitrogens with zero attached hydrogens (tertiary/aromatic N) is 2. The first-order valence-electron chi connectivity index (χ1n) is 5.47. The Bertz CT molecular complexity index is 390. The van der Waals surface area contributed by atoms with Crippen molar-refractivity contribution in [3.8, 4) is 5.75 Å². The zero-order chi connectivity index (χ0) is 13.4. The zero-order valence-corrected chi connectivity index (χ0v) is 11.0. The number of anilines is 1. The van der Waals surface area contributed by atoms with Gasteiger partial charge in [0.15, 0.2) is 0 Å². The van der Waals surface area contributed by atoms with Crippen LogP contribution in [0.4, 0.5) is 5.69 Å². The fourth-order valence-corrected chi connectivity index (χ4v) is 1.29. The Labute approximate surface area is 102 Å². The molecule has 2 N–H and O–H groups in total. The molecule has 0 atom stereocenters. The quantitative estimate of drug-likeness (QED) is 0.363. The van der Waals surface area contributed by atoms with Crippen molar-refractivity contribution in [3.63, 3.8) is 0 Å². The number of benzene rings is 1. The van der Waals surface area contributed by atoms with Gasteiger partial charge in [0.2, 0.25) is 0 Å². The van der Waals surface area contributed by atoms with E-state index in [1.807, 2.05) is 32.9 Å². The van der Waals surface area contributed by atoms with Crippen LogP contribution in [0.3, 0.4) is 0 Å². The number of hydrogen-bond donors (Lipinski definition) is 2. The van der Waals surface area contributed by atoms with Crippen molar-refractivity contribution in [1.82, 2.24) is 0 Å². The number of amidine groups is 1. The normalized spacial score (nSPS) is 8.76. The highest BCUT2D eigenvalue weighted by Gasteiger charge is 2.09. The van der Waals surface area contributed by atoms with Crippen LogP contribution in [-0.4, -0.2) is 12.9 Å². The van der Waals surface area contributed by atoms with Crippen molar-refractivity contribution in [2.45, 2.75) is 27.7 Å². The molecule has 0 aliphatic carbocycles. The minimum atomic E-state index is 0.192. The Morgan fingerprint density at radius 2 is 1.88 bits per heavy atom. The Balaban J connectivity index is 0.00000121. The number of nitrogens with one attached hydrogen (secondary N) is 2. The lowest BCUT2D eigenvalue weighted by molar-refractivity contribution is 0.414. The van der Waals surface area contributed by atoms with E-state index in [0.29, 0.717) is 11.4 Å². The van der Waals surface area contributed by atoms with E-state index in [2.05, 4.69) is 5.22 Å². The molecule has 0 amide bonds. The maximum Gasteiger partial charge on any atom is 0.121 e. The van der Waals surface area contributed by atoms with Crippen LogP contribution in [0.1, 0.15) is 26.3 Å². The van der Waals surface area contributed by atoms with Gasteiger partial charge in [0, 0.05) is 6.07 Å². The zero-order valence-electron chi connectivity index (χ0n) is 11.0. The number of methoxy groups -OCH3 is 1. The van der Waals surface area contributed by atoms with Gasteiger partial charge in [0.05, 0.1) is 12.8 Å². The van der Waals surface area contributed by atoms with Gasteiger partial charge in [-0.1, -0.05) is 19.1 Å². The smallest absolute Gasteiger partial charge is 0.121 e. The van der Waals surface area contributed by atoms with Gasteiger partial charge in [0.1, 0.15) is 11.6 Å². The van der Waals surface area contributed by atoms with E-state index < -0.39 is 0 Å². The summed E-state index contributed by atoms with van der Waals surface area (Å²) in [6.45, 7) is 7.50. The highest BCUT2D eigenvalue weighted by Crippen LogP contribution is 2.24. The molecule has 1 aromatic carbocycles. The van der Waals surface area contributed by atoms with Gasteiger partial charge in [-0.2, -0.15) is 5.53 Å². The maximum absolute atomic E-state index is 7.46. The average Bonchev–Trinajstić information content (AvgIpc) is 2.31. The third-order valence-corrected chi connectivity index (χ3v) is 1.93. The van der Waals surface area contributed by atoms with E-state index in [-0.39, 0.29) is 5.84 Å². The minimum Gasteiger partial charge on any atom is -0.497 e. The second-order valence-corrected chi connectivity index (χ2v) is 3.21. The van der Waals surface area contributed by atoms with E-state index in [0.717, 1.165) is 5.56 Å². The molecule has 0 fully saturated rings. The van der Waals surface area contributed by atoms with E-state index in [9.17, 15) is 0 Å². The van der Waals surface area contributed by atoms with Gasteiger partial charge in [-0.3, -0.25) is 5.41 Å². The number of ether oxygens (including phenoxy) is 1. The van der Waals surface area contributed by atoms with Crippen LogP contribution in [0.5, 0.6) is 5.75 Å². The lowest BCUT2D eigenvalue weighted by atomic mass is 10.2. The SMILES string of the molecule is CC.COc1cc(C)cc(N(N=N)C(C)=N)c1. The fourth-order valence-electron chi connectivity index (χ4n) is 1.29. The summed E-state index contributed by atoms with van der Waals surface area (Å²) < 4.78 is 5.11. The number of rotatable bonds is 3. The van der Waals surface area contributed by atoms with Gasteiger partial charge in [-0.05, 0) is 31.5 Å². The van der Waals surface area contributed by atoms with Crippen molar-refractivity contribution in [2.75, 3.05) is 12.1 Å². The molecule has 0 saturated carbocycles. The van der Waals surface area contributed by atoms with Gasteiger partial charge in [-0.15, -0.1) is 0 Å². The van der Waals surface area contributed by atoms with Crippen LogP contribution in [-0.2, 0) is 0 Å². The first kappa shape index (κ1) is 15.1. The largest absolute Gasteiger partial charge is 0.497 e. The molecule has 0 aliphatic rings. The summed E-state index contributed by atoms with van der Waals surface area (Å²) in [5.74, 6) is 0.887. The van der Waals surface area contributed by atoms with Crippen LogP contribution in [0.15, 0.2) is 23.4 Å². The van der Waals surface area contributed by atoms with Crippen molar-refractivity contribution < 1.29 is 4.74 Å². The Kier molecular flexibility index (Phi) is 6.55. The van der Waals surface area contributed by atoms with Gasteiger partial charge in [-0.25, -0.2) is 5.01 Å². The van der Waals surface area contributed by atoms with Crippen LogP contribution in [0.2, 0.25) is 0 Å². The molecule has 5 nitrogen and oxygen atoms in total. The topological polar surface area (TPSA) is 72.5 Å². The van der Waals surface area contributed by atoms with Crippen LogP contribution in [0, 0.1) is 17.9 Å². The van der Waals surface area contributed by atoms with Gasteiger partial charge < -0.3 is 4.74 Å². The minimum absolute atomic E-state index is 0.192. The van der Waals surface area contributed by atoms with Crippen molar-refractivity contribution in [2.24, 2.45) is 5.22 Å². The van der Waals surface area contributed by atoms with Crippen LogP contribution >= 0.6 is 0 Å². The molecule has 0 heterocycles. The molecule has 94 valence electrons. The molecular formula is C12H20N4O. The molecule has 0 unspecified atom stereocenters. The second kappa shape index (κ2) is 7.38. The molecule has 0 aliphatic heterocycles. The van der Waals surface area contributed by atoms with Crippen LogP contribution in [0.25, 0.3) is 0 Å². The summed E-state index contributed by atoms with van der Waals surface area (Å²) in [6.07, 6.45) is 0. The molecular weight excluding hydrogens is 216 g/mol. The Morgan fingerprint density at radius 1 is 1.29 bits per heavy atom. The monoisotopic (exact) mass is 236 g/mol. The van der Waals surface area contributed by atoms with Crippen molar-refractivity contribution in [3.05, 3.63) is 23.8 Å². The predicted molar refractivity (Wildman–Crippen MR) is 70.1 cm³/mol. The van der Waals surface area contributed by atoms with E-state index in [1.54, 1.807) is 20.1 Å². The number of aryl methyl sites for hydroxylation is 1. The van der Waals surface area contributed by atoms with E-state index in [1.165, 1.54) is 5.01 Å². The van der Waals surface area contributed by atoms with Crippen LogP contribution < -0.4 is 9.75 Å². The molecule has 17 heavy (non-hydrogen) atoms. The lowest BCUT2D eigenvalue weighted by Gasteiger charge is -2.16. The molecule has 0 saturated heterocycles. The Morgan fingerprint density at radius 3 is 2.29 bits per heavy atom. The summed E-state index contributed by atoms with van der Waals surface area (Å²) >= 11 is 0. The summed E-state index contributed by atoms with van der Waals surface area (Å²) in [5, 5.41) is 12.0. The molecule has 1 rings (SSSR count). The predicted octanol–water partition coefficient (Wildman–Crippen LogP) is 3.78. The second-order valence-electron chi connectivity index (χ2n) is 3.21. The number of hydrogen-bond acceptors (Lipinski definition) is 4. The van der Waals surface area contributed by atoms with Gasteiger partial charge in [0.25, 0.3) is 0 Å². The van der Waals surface area contributed by atoms with Crippen molar-refractivity contribution in [1.29, 1.82) is 10.9 Å². The van der Waals surface area contributed by atoms with Gasteiger partial charge >= 0.3 is 0 Å². The summed E-state index contributed by atoms with van der Waals surface area (Å²) in [4.78, 5) is 0. The molecule has 5 heteroatoms. The lowest BCUT2D eigenvalue weighted by Crippen LogP contribution is -2.20. The van der Waals surface area contributed by atoms with E-state index >= 15 is 0 Å². The van der Waals surface area contributed by atoms with E-state index in [4.69, 9.17) is 15.7 Å². The fraction of sp³-hybridized carbons (Fsp3) is 0.417. The first-order valence-corrected chi connectivity index (χ1v) is 5.47. The van der Waals surface area contributed by atoms with Crippen molar-refractivity contribution >= 4 is 11.5 Å². The highest BCUT2D eigenvalue weighted by molar-refractivity contribution is 5.93. The molecule has 0 spiro atoms. The summed E-state index contributed by atoms with van der Waals surface area (Å²) in [7, 11) is 1.58. The third kappa shape index (κ3) is 4.22. The first-order chi connectivity index (χ1) is 8.08. The maximum atomic E-state index is 7.46. The third-order valence-electron chi connectivity index (χ3n) is 1.93. The average molecular weight is 236 g/mol. The molecule has 1 aromatic rings. The summed E-state index contributed by atoms with van der Waals surface area (Å²) in [6, 6.07) is 5.46. The highest BCUT2D eigenvalue weighted by atomic mass is 16.5. The summed E-state index contributed by atoms with van der Waals surface area (Å²) in [5.41, 5.74) is 8.66. The molecule has 0 radical (unpaired) electrons. The Hall–Kier alpha value is -1.91. The standard InChI is InChI=1S/C10H14N4O.C2H6/c1-7-4-9(6-10(5-7)15-3)14(13-12)8(2)11;1-2/h4-6,11-12H,1-3H3;1-2H3. The molecule has 0 aromatic heterocycles. The molecule has 0 bridgehead atoms.